The van der Waals surface area contributed by atoms with Gasteiger partial charge in [-0.15, -0.1) is 0 Å². The number of rotatable bonds is 2. The summed E-state index contributed by atoms with van der Waals surface area (Å²) in [5.74, 6) is 0. The van der Waals surface area contributed by atoms with Gasteiger partial charge in [0.05, 0.1) is 19.3 Å². The number of fused-ring (bicyclic) bond motifs is 6. The fourth-order valence-electron chi connectivity index (χ4n) is 2.52. The third kappa shape index (κ3) is 2.80. The standard InChI is InChI=1S/C14H19NO3Si/c1-2-19-16-10-8-15(9-11-17-19)12-14(18-19)13-6-4-3-5-7-13/h2-7,14H,1,8-12H2. The molecule has 4 nitrogen and oxygen atoms in total. The maximum atomic E-state index is 6.22. The average Bonchev–Trinajstić information content (AvgIpc) is 2.39. The minimum Gasteiger partial charge on any atom is -0.369 e. The summed E-state index contributed by atoms with van der Waals surface area (Å²) in [4.78, 5) is 2.33. The molecule has 3 fully saturated rings. The van der Waals surface area contributed by atoms with E-state index >= 15 is 0 Å². The van der Waals surface area contributed by atoms with E-state index in [1.54, 1.807) is 5.70 Å². The first-order valence-electron chi connectivity index (χ1n) is 6.68. The smallest absolute Gasteiger partial charge is 0.369 e. The van der Waals surface area contributed by atoms with E-state index in [4.69, 9.17) is 13.3 Å². The third-order valence-corrected chi connectivity index (χ3v) is 5.90. The molecule has 4 rings (SSSR count). The van der Waals surface area contributed by atoms with Gasteiger partial charge in [0.15, 0.2) is 0 Å². The Bertz CT molecular complexity index is 430. The Hall–Kier alpha value is -0.983. The van der Waals surface area contributed by atoms with Crippen LogP contribution in [0.4, 0.5) is 0 Å². The van der Waals surface area contributed by atoms with Crippen molar-refractivity contribution >= 4 is 8.80 Å². The lowest BCUT2D eigenvalue weighted by atomic mass is 10.1. The second-order valence-electron chi connectivity index (χ2n) is 4.82. The molecular formula is C14H19NO3Si. The van der Waals surface area contributed by atoms with E-state index in [0.29, 0.717) is 13.2 Å². The Morgan fingerprint density at radius 3 is 2.47 bits per heavy atom. The Morgan fingerprint density at radius 1 is 1.16 bits per heavy atom. The van der Waals surface area contributed by atoms with Crippen LogP contribution in [0.5, 0.6) is 0 Å². The molecule has 1 aromatic carbocycles. The van der Waals surface area contributed by atoms with Gasteiger partial charge in [0.1, 0.15) is 0 Å². The molecule has 0 aliphatic carbocycles. The third-order valence-electron chi connectivity index (χ3n) is 3.57. The lowest BCUT2D eigenvalue weighted by molar-refractivity contribution is -0.0343. The van der Waals surface area contributed by atoms with Gasteiger partial charge >= 0.3 is 8.80 Å². The first-order valence-corrected chi connectivity index (χ1v) is 8.48. The van der Waals surface area contributed by atoms with Gasteiger partial charge in [-0.2, -0.15) is 0 Å². The van der Waals surface area contributed by atoms with E-state index in [2.05, 4.69) is 23.6 Å². The minimum atomic E-state index is -2.71. The molecule has 19 heavy (non-hydrogen) atoms. The molecule has 0 radical (unpaired) electrons. The van der Waals surface area contributed by atoms with Gasteiger partial charge in [-0.1, -0.05) is 36.9 Å². The molecule has 0 amide bonds. The highest BCUT2D eigenvalue weighted by molar-refractivity contribution is 6.66. The molecule has 0 N–H and O–H groups in total. The van der Waals surface area contributed by atoms with Crippen molar-refractivity contribution in [2.45, 2.75) is 6.10 Å². The largest absolute Gasteiger partial charge is 0.529 e. The maximum Gasteiger partial charge on any atom is 0.529 e. The van der Waals surface area contributed by atoms with E-state index in [1.165, 1.54) is 5.56 Å². The number of hydrogen-bond donors (Lipinski definition) is 0. The molecule has 3 aliphatic rings. The summed E-state index contributed by atoms with van der Waals surface area (Å²) >= 11 is 0. The minimum absolute atomic E-state index is 0.00790. The first-order chi connectivity index (χ1) is 9.31. The maximum absolute atomic E-state index is 6.22. The summed E-state index contributed by atoms with van der Waals surface area (Å²) < 4.78 is 18.0. The highest BCUT2D eigenvalue weighted by atomic mass is 28.4. The van der Waals surface area contributed by atoms with E-state index in [0.717, 1.165) is 19.6 Å². The van der Waals surface area contributed by atoms with Gasteiger partial charge < -0.3 is 13.3 Å². The van der Waals surface area contributed by atoms with Crippen LogP contribution < -0.4 is 0 Å². The summed E-state index contributed by atoms with van der Waals surface area (Å²) in [6, 6.07) is 10.3. The van der Waals surface area contributed by atoms with Crippen molar-refractivity contribution in [2.75, 3.05) is 32.8 Å². The monoisotopic (exact) mass is 277 g/mol. The highest BCUT2D eigenvalue weighted by Gasteiger charge is 2.44. The average molecular weight is 277 g/mol. The number of hydrogen-bond acceptors (Lipinski definition) is 4. The van der Waals surface area contributed by atoms with Crippen LogP contribution in [-0.4, -0.2) is 46.6 Å². The Kier molecular flexibility index (Phi) is 3.81. The lowest BCUT2D eigenvalue weighted by Crippen LogP contribution is -2.54. The summed E-state index contributed by atoms with van der Waals surface area (Å²) in [7, 11) is -2.71. The molecule has 5 heteroatoms. The Morgan fingerprint density at radius 2 is 1.84 bits per heavy atom. The van der Waals surface area contributed by atoms with Crippen LogP contribution in [0.3, 0.4) is 0 Å². The predicted octanol–water partition coefficient (Wildman–Crippen LogP) is 1.77. The van der Waals surface area contributed by atoms with Gasteiger partial charge in [-0.05, 0) is 11.3 Å². The summed E-state index contributed by atoms with van der Waals surface area (Å²) in [6.07, 6.45) is -0.00790. The predicted molar refractivity (Wildman–Crippen MR) is 74.6 cm³/mol. The molecule has 3 saturated heterocycles. The Labute approximate surface area is 115 Å². The van der Waals surface area contributed by atoms with Gasteiger partial charge in [-0.25, -0.2) is 0 Å². The van der Waals surface area contributed by atoms with Crippen molar-refractivity contribution < 1.29 is 13.3 Å². The molecule has 1 atom stereocenters. The van der Waals surface area contributed by atoms with Gasteiger partial charge in [-0.3, -0.25) is 4.90 Å². The number of nitrogens with zero attached hydrogens (tertiary/aromatic N) is 1. The molecule has 102 valence electrons. The molecule has 0 aromatic heterocycles. The van der Waals surface area contributed by atoms with Crippen LogP contribution in [0, 0.1) is 0 Å². The zero-order valence-electron chi connectivity index (χ0n) is 11.0. The first kappa shape index (κ1) is 13.0. The fraction of sp³-hybridized carbons (Fsp3) is 0.429. The van der Waals surface area contributed by atoms with E-state index in [-0.39, 0.29) is 6.10 Å². The zero-order chi connectivity index (χ0) is 13.1. The van der Waals surface area contributed by atoms with Gasteiger partial charge in [0.25, 0.3) is 0 Å². The van der Waals surface area contributed by atoms with Crippen LogP contribution in [-0.2, 0) is 13.3 Å². The van der Waals surface area contributed by atoms with E-state index in [9.17, 15) is 0 Å². The van der Waals surface area contributed by atoms with E-state index < -0.39 is 8.80 Å². The number of benzene rings is 1. The van der Waals surface area contributed by atoms with Crippen molar-refractivity contribution in [1.29, 1.82) is 0 Å². The van der Waals surface area contributed by atoms with Crippen molar-refractivity contribution in [3.63, 3.8) is 0 Å². The fourth-order valence-corrected chi connectivity index (χ4v) is 4.43. The van der Waals surface area contributed by atoms with Crippen LogP contribution in [0.1, 0.15) is 11.7 Å². The summed E-state index contributed by atoms with van der Waals surface area (Å²) in [6.45, 7) is 7.92. The Balaban J connectivity index is 1.90. The van der Waals surface area contributed by atoms with Crippen molar-refractivity contribution in [3.05, 3.63) is 48.2 Å². The molecule has 1 unspecified atom stereocenters. The second kappa shape index (κ2) is 5.56. The second-order valence-corrected chi connectivity index (χ2v) is 7.25. The molecule has 2 bridgehead atoms. The molecule has 0 spiro atoms. The summed E-state index contributed by atoms with van der Waals surface area (Å²) in [5.41, 5.74) is 2.92. The van der Waals surface area contributed by atoms with Crippen LogP contribution in [0.15, 0.2) is 42.6 Å². The lowest BCUT2D eigenvalue weighted by Gasteiger charge is -2.40. The van der Waals surface area contributed by atoms with Crippen molar-refractivity contribution in [3.8, 4) is 0 Å². The van der Waals surface area contributed by atoms with Gasteiger partial charge in [0.2, 0.25) is 0 Å². The van der Waals surface area contributed by atoms with Crippen molar-refractivity contribution in [2.24, 2.45) is 0 Å². The molecule has 1 aromatic rings. The quantitative estimate of drug-likeness (QED) is 0.771. The SMILES string of the molecule is C=C[Si]12OCCN(CCO1)CC(c1ccccc1)O2. The normalized spacial score (nSPS) is 35.2. The highest BCUT2D eigenvalue weighted by Crippen LogP contribution is 2.28. The van der Waals surface area contributed by atoms with Crippen molar-refractivity contribution in [1.82, 2.24) is 4.90 Å². The van der Waals surface area contributed by atoms with Gasteiger partial charge in [0, 0.05) is 19.6 Å². The molecule has 3 aliphatic heterocycles. The van der Waals surface area contributed by atoms with E-state index in [1.807, 2.05) is 18.2 Å². The molecule has 3 heterocycles. The zero-order valence-corrected chi connectivity index (χ0v) is 12.0. The molecule has 0 saturated carbocycles. The summed E-state index contributed by atoms with van der Waals surface area (Å²) in [5, 5.41) is 0. The van der Waals surface area contributed by atoms with Crippen LogP contribution in [0.2, 0.25) is 0 Å². The van der Waals surface area contributed by atoms with Crippen LogP contribution >= 0.6 is 0 Å². The molecular weight excluding hydrogens is 258 g/mol. The van der Waals surface area contributed by atoms with Crippen LogP contribution in [0.25, 0.3) is 0 Å². The topological polar surface area (TPSA) is 30.9 Å².